The molecule has 1 N–H and O–H groups in total. The summed E-state index contributed by atoms with van der Waals surface area (Å²) >= 11 is 0. The van der Waals surface area contributed by atoms with Crippen molar-refractivity contribution in [1.29, 1.82) is 0 Å². The molecule has 2 aliphatic heterocycles. The summed E-state index contributed by atoms with van der Waals surface area (Å²) in [5.74, 6) is 1.80. The molecule has 0 atom stereocenters. The smallest absolute Gasteiger partial charge is 0.333 e. The number of piperidine rings is 2. The molecule has 3 aromatic heterocycles. The number of carbonyl (C=O) groups excluding carboxylic acids is 1. The average Bonchev–Trinajstić information content (AvgIpc) is 3.22. The van der Waals surface area contributed by atoms with Gasteiger partial charge in [0.15, 0.2) is 0 Å². The Morgan fingerprint density at radius 3 is 2.18 bits per heavy atom. The van der Waals surface area contributed by atoms with Gasteiger partial charge in [0.1, 0.15) is 17.2 Å². The molecule has 0 saturated carbocycles. The van der Waals surface area contributed by atoms with E-state index in [-0.39, 0.29) is 23.7 Å². The molecule has 0 spiro atoms. The van der Waals surface area contributed by atoms with Crippen molar-refractivity contribution in [3.63, 3.8) is 0 Å². The first-order valence-corrected chi connectivity index (χ1v) is 19.0. The summed E-state index contributed by atoms with van der Waals surface area (Å²) in [5.41, 5.74) is 2.45. The molecular weight excluding hydrogens is 716 g/mol. The summed E-state index contributed by atoms with van der Waals surface area (Å²) in [5, 5.41) is 1.39. The Bertz CT molecular complexity index is 2360. The van der Waals surface area contributed by atoms with Crippen molar-refractivity contribution < 1.29 is 23.7 Å². The quantitative estimate of drug-likeness (QED) is 0.196. The Kier molecular flexibility index (Phi) is 11.7. The minimum absolute atomic E-state index is 0.0919. The number of ether oxygens (including phenoxy) is 4. The van der Waals surface area contributed by atoms with E-state index in [9.17, 15) is 19.2 Å². The molecule has 5 heterocycles. The number of H-pyrrole nitrogens is 1. The number of fused-ring (bicyclic) bond motifs is 1. The lowest BCUT2D eigenvalue weighted by atomic mass is 9.97. The van der Waals surface area contributed by atoms with Crippen molar-refractivity contribution in [2.24, 2.45) is 7.05 Å². The number of amides is 1. The van der Waals surface area contributed by atoms with E-state index in [4.69, 9.17) is 18.9 Å². The lowest BCUT2D eigenvalue weighted by Crippen LogP contribution is -2.44. The van der Waals surface area contributed by atoms with Crippen LogP contribution in [-0.4, -0.2) is 101 Å². The molecule has 14 heteroatoms. The fourth-order valence-corrected chi connectivity index (χ4v) is 7.94. The highest BCUT2D eigenvalue weighted by molar-refractivity contribution is 5.96. The molecular formula is C42H48N6O8. The summed E-state index contributed by atoms with van der Waals surface area (Å²) in [7, 11) is 6.59. The second kappa shape index (κ2) is 17.0. The van der Waals surface area contributed by atoms with Crippen molar-refractivity contribution in [3.05, 3.63) is 110 Å². The molecule has 0 unspecified atom stereocenters. The minimum Gasteiger partial charge on any atom is -0.496 e. The number of carbonyl (C=O) groups is 1. The fourth-order valence-electron chi connectivity index (χ4n) is 7.94. The first kappa shape index (κ1) is 38.5. The maximum atomic E-state index is 13.5. The molecule has 294 valence electrons. The molecule has 2 aromatic carbocycles. The largest absolute Gasteiger partial charge is 0.496 e. The Hall–Kier alpha value is -5.73. The minimum atomic E-state index is -0.611. The zero-order valence-electron chi connectivity index (χ0n) is 32.3. The van der Waals surface area contributed by atoms with Crippen LogP contribution in [0.3, 0.4) is 0 Å². The number of benzene rings is 2. The third-order valence-corrected chi connectivity index (χ3v) is 11.0. The molecule has 7 rings (SSSR count). The fraction of sp³-hybridized carbons (Fsp3) is 0.405. The van der Waals surface area contributed by atoms with Crippen LogP contribution in [0.1, 0.15) is 48.0 Å². The van der Waals surface area contributed by atoms with Crippen molar-refractivity contribution in [3.8, 4) is 34.1 Å². The summed E-state index contributed by atoms with van der Waals surface area (Å²) in [6.07, 6.45) is 12.0. The van der Waals surface area contributed by atoms with Crippen LogP contribution in [0, 0.1) is 0 Å². The van der Waals surface area contributed by atoms with E-state index in [1.807, 2.05) is 29.3 Å². The number of nitrogens with one attached hydrogen (secondary N) is 1. The molecule has 2 saturated heterocycles. The zero-order valence-corrected chi connectivity index (χ0v) is 32.3. The number of nitrogens with zero attached hydrogens (tertiary/aromatic N) is 5. The average molecular weight is 765 g/mol. The zero-order chi connectivity index (χ0) is 39.3. The highest BCUT2D eigenvalue weighted by atomic mass is 16.5. The third kappa shape index (κ3) is 8.12. The Balaban J connectivity index is 0.896. The topological polar surface area (TPSA) is 150 Å². The lowest BCUT2D eigenvalue weighted by Gasteiger charge is -2.37. The van der Waals surface area contributed by atoms with Crippen LogP contribution in [0.2, 0.25) is 0 Å². The van der Waals surface area contributed by atoms with Gasteiger partial charge < -0.3 is 33.3 Å². The van der Waals surface area contributed by atoms with E-state index < -0.39 is 11.2 Å². The Labute approximate surface area is 324 Å². The molecule has 14 nitrogen and oxygen atoms in total. The molecule has 0 radical (unpaired) electrons. The van der Waals surface area contributed by atoms with Crippen LogP contribution in [0.5, 0.6) is 17.2 Å². The SMILES string of the molecule is COc1ccc(C(=O)N2CCC(OC3CCN(CCCc4c(OC)cc(-c5cn(C)c(=O)c6cnccc56)cc4OC)CC3)CC2)cc1-n1ccc(=O)[nH]c1=O. The maximum Gasteiger partial charge on any atom is 0.333 e. The number of aryl methyl sites for hydroxylation is 1. The van der Waals surface area contributed by atoms with E-state index in [0.29, 0.717) is 35.5 Å². The number of aromatic amines is 1. The van der Waals surface area contributed by atoms with Gasteiger partial charge in [-0.05, 0) is 92.4 Å². The molecule has 1 amide bonds. The number of aromatic nitrogens is 4. The van der Waals surface area contributed by atoms with E-state index >= 15 is 0 Å². The normalized spacial score (nSPS) is 15.6. The van der Waals surface area contributed by atoms with Crippen molar-refractivity contribution in [2.45, 2.75) is 50.7 Å². The molecule has 5 aromatic rings. The summed E-state index contributed by atoms with van der Waals surface area (Å²) in [4.78, 5) is 61.0. The highest BCUT2D eigenvalue weighted by Crippen LogP contribution is 2.38. The van der Waals surface area contributed by atoms with Gasteiger partial charge in [0.25, 0.3) is 17.0 Å². The van der Waals surface area contributed by atoms with Gasteiger partial charge in [-0.3, -0.25) is 28.9 Å². The second-order valence-electron chi connectivity index (χ2n) is 14.4. The number of rotatable bonds is 12. The standard InChI is InChI=1S/C42H48N6O8/c1-45-26-34(31-9-15-43-25-33(31)41(45)51)28-23-37(54-3)32(38(24-28)55-4)6-5-16-46-17-10-29(11-18-46)56-30-12-19-47(20-13-30)40(50)27-7-8-36(53-2)35(22-27)48-21-14-39(49)44-42(48)52/h7-9,14-15,21-26,29-30H,5-6,10-13,16-20H2,1-4H3,(H,44,49,52). The van der Waals surface area contributed by atoms with Gasteiger partial charge in [-0.25, -0.2) is 4.79 Å². The summed E-state index contributed by atoms with van der Waals surface area (Å²) in [6.45, 7) is 4.03. The van der Waals surface area contributed by atoms with Crippen LogP contribution >= 0.6 is 0 Å². The van der Waals surface area contributed by atoms with Gasteiger partial charge in [0.2, 0.25) is 0 Å². The van der Waals surface area contributed by atoms with Gasteiger partial charge in [-0.1, -0.05) is 0 Å². The van der Waals surface area contributed by atoms with E-state index in [2.05, 4.69) is 14.9 Å². The third-order valence-electron chi connectivity index (χ3n) is 11.0. The first-order chi connectivity index (χ1) is 27.2. The second-order valence-corrected chi connectivity index (χ2v) is 14.4. The monoisotopic (exact) mass is 764 g/mol. The number of hydrogen-bond donors (Lipinski definition) is 1. The Morgan fingerprint density at radius 1 is 0.839 bits per heavy atom. The van der Waals surface area contributed by atoms with Crippen LogP contribution < -0.4 is 31.0 Å². The van der Waals surface area contributed by atoms with E-state index in [1.165, 1.54) is 23.9 Å². The van der Waals surface area contributed by atoms with Gasteiger partial charge in [0, 0.05) is 80.8 Å². The van der Waals surface area contributed by atoms with E-state index in [1.54, 1.807) is 56.4 Å². The molecule has 2 aliphatic rings. The number of likely N-dealkylation sites (tertiary alicyclic amines) is 2. The van der Waals surface area contributed by atoms with Crippen molar-refractivity contribution in [2.75, 3.05) is 54.1 Å². The van der Waals surface area contributed by atoms with Gasteiger partial charge >= 0.3 is 5.69 Å². The summed E-state index contributed by atoms with van der Waals surface area (Å²) in [6, 6.07) is 12.1. The number of pyridine rings is 2. The van der Waals surface area contributed by atoms with Crippen LogP contribution in [-0.2, 0) is 18.2 Å². The van der Waals surface area contributed by atoms with Gasteiger partial charge in [-0.2, -0.15) is 0 Å². The predicted octanol–water partition coefficient (Wildman–Crippen LogP) is 4.18. The first-order valence-electron chi connectivity index (χ1n) is 19.0. The van der Waals surface area contributed by atoms with Crippen molar-refractivity contribution >= 4 is 16.7 Å². The number of hydrogen-bond acceptors (Lipinski definition) is 10. The predicted molar refractivity (Wildman–Crippen MR) is 213 cm³/mol. The molecule has 0 bridgehead atoms. The van der Waals surface area contributed by atoms with Crippen LogP contribution in [0.25, 0.3) is 27.6 Å². The molecule has 56 heavy (non-hydrogen) atoms. The van der Waals surface area contributed by atoms with Gasteiger partial charge in [-0.15, -0.1) is 0 Å². The lowest BCUT2D eigenvalue weighted by molar-refractivity contribution is -0.0621. The van der Waals surface area contributed by atoms with Crippen LogP contribution in [0.15, 0.2) is 81.6 Å². The maximum absolute atomic E-state index is 13.5. The van der Waals surface area contributed by atoms with E-state index in [0.717, 1.165) is 91.7 Å². The van der Waals surface area contributed by atoms with Gasteiger partial charge in [0.05, 0.1) is 44.6 Å². The molecule has 0 aliphatic carbocycles. The molecule has 2 fully saturated rings. The van der Waals surface area contributed by atoms with Crippen LogP contribution in [0.4, 0.5) is 0 Å². The van der Waals surface area contributed by atoms with Crippen molar-refractivity contribution in [1.82, 2.24) is 28.9 Å². The Morgan fingerprint density at radius 2 is 1.52 bits per heavy atom. The summed E-state index contributed by atoms with van der Waals surface area (Å²) < 4.78 is 26.6. The highest BCUT2D eigenvalue weighted by Gasteiger charge is 2.29. The number of methoxy groups -OCH3 is 3.